The van der Waals surface area contributed by atoms with Crippen LogP contribution in [0.5, 0.6) is 11.5 Å². The fourth-order valence-corrected chi connectivity index (χ4v) is 3.02. The molecule has 0 spiro atoms. The average molecular weight is 292 g/mol. The molecule has 0 saturated heterocycles. The summed E-state index contributed by atoms with van der Waals surface area (Å²) in [6.45, 7) is 1.96. The molecule has 1 saturated carbocycles. The van der Waals surface area contributed by atoms with Crippen LogP contribution >= 0.6 is 0 Å². The summed E-state index contributed by atoms with van der Waals surface area (Å²) in [5.74, 6) is 1.70. The van der Waals surface area contributed by atoms with E-state index in [0.717, 1.165) is 36.3 Å². The molecular formula is C17H28N2O2. The number of ether oxygens (including phenoxy) is 2. The number of rotatable bonds is 7. The van der Waals surface area contributed by atoms with Gasteiger partial charge in [0.1, 0.15) is 11.5 Å². The second kappa shape index (κ2) is 8.13. The maximum Gasteiger partial charge on any atom is 0.142 e. The second-order valence-electron chi connectivity index (χ2n) is 5.77. The molecule has 1 fully saturated rings. The van der Waals surface area contributed by atoms with Gasteiger partial charge in [-0.15, -0.1) is 0 Å². The minimum atomic E-state index is 0.757. The van der Waals surface area contributed by atoms with Crippen LogP contribution in [0.2, 0.25) is 0 Å². The molecule has 21 heavy (non-hydrogen) atoms. The number of hydrogen-bond donors (Lipinski definition) is 1. The molecule has 0 radical (unpaired) electrons. The number of nitrogens with one attached hydrogen (secondary N) is 1. The molecule has 4 nitrogen and oxygen atoms in total. The Morgan fingerprint density at radius 3 is 2.57 bits per heavy atom. The van der Waals surface area contributed by atoms with Crippen molar-refractivity contribution in [2.24, 2.45) is 0 Å². The van der Waals surface area contributed by atoms with Crippen LogP contribution in [0.1, 0.15) is 32.1 Å². The second-order valence-corrected chi connectivity index (χ2v) is 5.77. The molecular weight excluding hydrogens is 264 g/mol. The van der Waals surface area contributed by atoms with Gasteiger partial charge in [-0.3, -0.25) is 0 Å². The largest absolute Gasteiger partial charge is 0.497 e. The molecule has 0 aliphatic heterocycles. The Kier molecular flexibility index (Phi) is 6.18. The number of methoxy groups -OCH3 is 2. The van der Waals surface area contributed by atoms with Crippen molar-refractivity contribution in [1.82, 2.24) is 4.90 Å². The summed E-state index contributed by atoms with van der Waals surface area (Å²) in [7, 11) is 5.62. The fraction of sp³-hybridized carbons (Fsp3) is 0.647. The molecule has 1 aliphatic carbocycles. The Balaban J connectivity index is 1.84. The highest BCUT2D eigenvalue weighted by Crippen LogP contribution is 2.28. The monoisotopic (exact) mass is 292 g/mol. The predicted molar refractivity (Wildman–Crippen MR) is 87.5 cm³/mol. The van der Waals surface area contributed by atoms with Crippen molar-refractivity contribution in [3.63, 3.8) is 0 Å². The van der Waals surface area contributed by atoms with Gasteiger partial charge in [-0.1, -0.05) is 19.3 Å². The minimum absolute atomic E-state index is 0.757. The van der Waals surface area contributed by atoms with Gasteiger partial charge in [-0.05, 0) is 32.0 Å². The van der Waals surface area contributed by atoms with E-state index in [-0.39, 0.29) is 0 Å². The van der Waals surface area contributed by atoms with Gasteiger partial charge in [0, 0.05) is 25.2 Å². The van der Waals surface area contributed by atoms with Crippen LogP contribution in [0.15, 0.2) is 18.2 Å². The first-order valence-electron chi connectivity index (χ1n) is 7.90. The number of nitrogens with zero attached hydrogens (tertiary/aromatic N) is 1. The maximum absolute atomic E-state index is 5.39. The van der Waals surface area contributed by atoms with E-state index in [1.54, 1.807) is 14.2 Å². The van der Waals surface area contributed by atoms with Crippen molar-refractivity contribution in [3.05, 3.63) is 18.2 Å². The summed E-state index contributed by atoms with van der Waals surface area (Å²) >= 11 is 0. The zero-order valence-corrected chi connectivity index (χ0v) is 13.5. The third-order valence-corrected chi connectivity index (χ3v) is 4.38. The van der Waals surface area contributed by atoms with E-state index in [0.29, 0.717) is 0 Å². The summed E-state index contributed by atoms with van der Waals surface area (Å²) in [4.78, 5) is 2.48. The van der Waals surface area contributed by atoms with E-state index in [4.69, 9.17) is 9.47 Å². The zero-order chi connectivity index (χ0) is 15.1. The highest BCUT2D eigenvalue weighted by atomic mass is 16.5. The minimum Gasteiger partial charge on any atom is -0.497 e. The lowest BCUT2D eigenvalue weighted by Crippen LogP contribution is -2.36. The zero-order valence-electron chi connectivity index (χ0n) is 13.5. The van der Waals surface area contributed by atoms with Gasteiger partial charge in [0.15, 0.2) is 0 Å². The Morgan fingerprint density at radius 2 is 1.90 bits per heavy atom. The predicted octanol–water partition coefficient (Wildman–Crippen LogP) is 3.38. The lowest BCUT2D eigenvalue weighted by molar-refractivity contribution is 0.198. The van der Waals surface area contributed by atoms with Gasteiger partial charge in [0.2, 0.25) is 0 Å². The third kappa shape index (κ3) is 4.53. The average Bonchev–Trinajstić information content (AvgIpc) is 2.55. The van der Waals surface area contributed by atoms with Gasteiger partial charge in [0.25, 0.3) is 0 Å². The SMILES string of the molecule is COc1ccc(OC)c(NCCN(C)C2CCCCC2)c1. The van der Waals surface area contributed by atoms with Gasteiger partial charge in [0.05, 0.1) is 19.9 Å². The topological polar surface area (TPSA) is 33.7 Å². The standard InChI is InChI=1S/C17H28N2O2/c1-19(14-7-5-4-6-8-14)12-11-18-16-13-15(20-2)9-10-17(16)21-3/h9-10,13-14,18H,4-8,11-12H2,1-3H3. The molecule has 1 aromatic carbocycles. The molecule has 118 valence electrons. The van der Waals surface area contributed by atoms with Gasteiger partial charge >= 0.3 is 0 Å². The molecule has 0 heterocycles. The highest BCUT2D eigenvalue weighted by molar-refractivity contribution is 5.59. The number of benzene rings is 1. The summed E-state index contributed by atoms with van der Waals surface area (Å²) < 4.78 is 10.7. The van der Waals surface area contributed by atoms with E-state index < -0.39 is 0 Å². The Bertz CT molecular complexity index is 431. The van der Waals surface area contributed by atoms with Crippen molar-refractivity contribution in [1.29, 1.82) is 0 Å². The molecule has 0 unspecified atom stereocenters. The summed E-state index contributed by atoms with van der Waals surface area (Å²) in [6, 6.07) is 6.59. The lowest BCUT2D eigenvalue weighted by Gasteiger charge is -2.31. The number of anilines is 1. The Morgan fingerprint density at radius 1 is 1.14 bits per heavy atom. The van der Waals surface area contributed by atoms with Crippen LogP contribution in [0.3, 0.4) is 0 Å². The maximum atomic E-state index is 5.39. The number of likely N-dealkylation sites (N-methyl/N-ethyl adjacent to an activating group) is 1. The molecule has 1 aromatic rings. The van der Waals surface area contributed by atoms with Crippen LogP contribution in [-0.4, -0.2) is 45.3 Å². The smallest absolute Gasteiger partial charge is 0.142 e. The van der Waals surface area contributed by atoms with Crippen molar-refractivity contribution in [3.8, 4) is 11.5 Å². The van der Waals surface area contributed by atoms with Crippen LogP contribution in [0.25, 0.3) is 0 Å². The van der Waals surface area contributed by atoms with E-state index >= 15 is 0 Å². The molecule has 0 aromatic heterocycles. The Labute approximate surface area is 128 Å². The molecule has 0 atom stereocenters. The third-order valence-electron chi connectivity index (χ3n) is 4.38. The van der Waals surface area contributed by atoms with Crippen LogP contribution in [0.4, 0.5) is 5.69 Å². The first-order chi connectivity index (χ1) is 10.2. The molecule has 4 heteroatoms. The molecule has 0 amide bonds. The van der Waals surface area contributed by atoms with Crippen molar-refractivity contribution >= 4 is 5.69 Å². The normalized spacial score (nSPS) is 16.0. The van der Waals surface area contributed by atoms with Crippen molar-refractivity contribution in [2.45, 2.75) is 38.1 Å². The van der Waals surface area contributed by atoms with E-state index in [9.17, 15) is 0 Å². The first-order valence-corrected chi connectivity index (χ1v) is 7.90. The van der Waals surface area contributed by atoms with Crippen molar-refractivity contribution < 1.29 is 9.47 Å². The van der Waals surface area contributed by atoms with E-state index in [1.165, 1.54) is 32.1 Å². The Hall–Kier alpha value is -1.42. The summed E-state index contributed by atoms with van der Waals surface area (Å²) in [5.41, 5.74) is 0.994. The van der Waals surface area contributed by atoms with Gasteiger partial charge < -0.3 is 19.7 Å². The van der Waals surface area contributed by atoms with Crippen LogP contribution < -0.4 is 14.8 Å². The number of hydrogen-bond acceptors (Lipinski definition) is 4. The van der Waals surface area contributed by atoms with E-state index in [2.05, 4.69) is 17.3 Å². The van der Waals surface area contributed by atoms with Gasteiger partial charge in [-0.2, -0.15) is 0 Å². The highest BCUT2D eigenvalue weighted by Gasteiger charge is 2.17. The molecule has 1 N–H and O–H groups in total. The van der Waals surface area contributed by atoms with E-state index in [1.807, 2.05) is 18.2 Å². The first kappa shape index (κ1) is 16.0. The summed E-state index contributed by atoms with van der Waals surface area (Å²) in [5, 5.41) is 3.46. The molecule has 1 aliphatic rings. The molecule has 0 bridgehead atoms. The lowest BCUT2D eigenvalue weighted by atomic mass is 9.94. The summed E-state index contributed by atoms with van der Waals surface area (Å²) in [6.07, 6.45) is 6.86. The quantitative estimate of drug-likeness (QED) is 0.835. The molecule has 2 rings (SSSR count). The van der Waals surface area contributed by atoms with Crippen LogP contribution in [0, 0.1) is 0 Å². The van der Waals surface area contributed by atoms with Crippen LogP contribution in [-0.2, 0) is 0 Å². The van der Waals surface area contributed by atoms with Crippen molar-refractivity contribution in [2.75, 3.05) is 39.7 Å². The van der Waals surface area contributed by atoms with Gasteiger partial charge in [-0.25, -0.2) is 0 Å². The fourth-order valence-electron chi connectivity index (χ4n) is 3.02.